The van der Waals surface area contributed by atoms with Gasteiger partial charge in [-0.2, -0.15) is 0 Å². The Kier molecular flexibility index (Phi) is 8.21. The van der Waals surface area contributed by atoms with Gasteiger partial charge in [0.15, 0.2) is 5.96 Å². The second kappa shape index (κ2) is 10.9. The Morgan fingerprint density at radius 2 is 1.84 bits per heavy atom. The number of guanidine groups is 1. The molecule has 1 aliphatic rings. The number of hydrogen-bond donors (Lipinski definition) is 3. The molecule has 2 heterocycles. The minimum atomic E-state index is -1.18. The molecule has 0 bridgehead atoms. The first kappa shape index (κ1) is 24.1. The monoisotopic (exact) mass is 443 g/mol. The lowest BCUT2D eigenvalue weighted by Crippen LogP contribution is -2.48. The second-order valence-electron chi connectivity index (χ2n) is 8.58. The third-order valence-corrected chi connectivity index (χ3v) is 5.98. The van der Waals surface area contributed by atoms with Gasteiger partial charge >= 0.3 is 0 Å². The number of rotatable bonds is 9. The van der Waals surface area contributed by atoms with Crippen molar-refractivity contribution in [1.82, 2.24) is 10.6 Å². The zero-order valence-corrected chi connectivity index (χ0v) is 19.7. The number of aryl methyl sites for hydroxylation is 1. The van der Waals surface area contributed by atoms with E-state index in [1.165, 1.54) is 5.56 Å². The normalized spacial score (nSPS) is 18.1. The third-order valence-electron chi connectivity index (χ3n) is 5.98. The Balaban J connectivity index is 1.74. The van der Waals surface area contributed by atoms with Crippen LogP contribution in [0.15, 0.2) is 45.8 Å². The van der Waals surface area contributed by atoms with Gasteiger partial charge in [-0.05, 0) is 70.4 Å². The van der Waals surface area contributed by atoms with Crippen molar-refractivity contribution in [3.8, 4) is 5.75 Å². The van der Waals surface area contributed by atoms with Crippen LogP contribution < -0.4 is 15.4 Å². The molecule has 0 radical (unpaired) electrons. The van der Waals surface area contributed by atoms with E-state index in [0.29, 0.717) is 18.3 Å². The predicted octanol–water partition coefficient (Wildman–Crippen LogP) is 3.50. The second-order valence-corrected chi connectivity index (χ2v) is 8.58. The number of benzene rings is 1. The number of nitrogens with one attached hydrogen (secondary N) is 2. The highest BCUT2D eigenvalue weighted by molar-refractivity contribution is 5.80. The quantitative estimate of drug-likeness (QED) is 0.406. The maximum atomic E-state index is 10.8. The van der Waals surface area contributed by atoms with Crippen molar-refractivity contribution < 1.29 is 19.0 Å². The van der Waals surface area contributed by atoms with Crippen molar-refractivity contribution in [2.45, 2.75) is 51.6 Å². The summed E-state index contributed by atoms with van der Waals surface area (Å²) < 4.78 is 16.9. The largest absolute Gasteiger partial charge is 0.494 e. The molecule has 1 aliphatic heterocycles. The van der Waals surface area contributed by atoms with Crippen LogP contribution in [0.4, 0.5) is 0 Å². The van der Waals surface area contributed by atoms with Gasteiger partial charge in [0.2, 0.25) is 0 Å². The highest BCUT2D eigenvalue weighted by Crippen LogP contribution is 2.35. The minimum absolute atomic E-state index is 0.0557. The first-order chi connectivity index (χ1) is 15.4. The van der Waals surface area contributed by atoms with Gasteiger partial charge in [0.25, 0.3) is 0 Å². The number of aliphatic imine (C=N–C) groups is 1. The Labute approximate surface area is 191 Å². The van der Waals surface area contributed by atoms with Crippen LogP contribution in [0.3, 0.4) is 0 Å². The van der Waals surface area contributed by atoms with E-state index in [1.54, 1.807) is 13.0 Å². The lowest BCUT2D eigenvalue weighted by atomic mass is 9.74. The molecule has 1 aromatic carbocycles. The Morgan fingerprint density at radius 1 is 1.12 bits per heavy atom. The fraction of sp³-hybridized carbons (Fsp3) is 0.560. The van der Waals surface area contributed by atoms with Gasteiger partial charge in [0, 0.05) is 31.7 Å². The van der Waals surface area contributed by atoms with Crippen LogP contribution in [0.5, 0.6) is 5.75 Å². The molecule has 3 rings (SSSR count). The molecule has 3 N–H and O–H groups in total. The highest BCUT2D eigenvalue weighted by Gasteiger charge is 2.35. The Morgan fingerprint density at radius 3 is 2.44 bits per heavy atom. The molecule has 7 heteroatoms. The smallest absolute Gasteiger partial charge is 0.191 e. The number of aliphatic hydroxyl groups is 1. The molecule has 7 nitrogen and oxygen atoms in total. The average molecular weight is 444 g/mol. The fourth-order valence-corrected chi connectivity index (χ4v) is 4.03. The molecule has 1 saturated heterocycles. The molecule has 0 amide bonds. The van der Waals surface area contributed by atoms with Crippen molar-refractivity contribution in [1.29, 1.82) is 0 Å². The molecule has 0 aliphatic carbocycles. The highest BCUT2D eigenvalue weighted by atomic mass is 16.5. The molecule has 1 atom stereocenters. The number of nitrogens with zero attached hydrogens (tertiary/aromatic N) is 1. The van der Waals surface area contributed by atoms with E-state index >= 15 is 0 Å². The first-order valence-electron chi connectivity index (χ1n) is 11.5. The summed E-state index contributed by atoms with van der Waals surface area (Å²) in [6.07, 6.45) is 1.85. The van der Waals surface area contributed by atoms with Gasteiger partial charge in [0.1, 0.15) is 22.9 Å². The van der Waals surface area contributed by atoms with Crippen LogP contribution in [0.1, 0.15) is 50.7 Å². The van der Waals surface area contributed by atoms with E-state index < -0.39 is 5.60 Å². The van der Waals surface area contributed by atoms with Gasteiger partial charge in [0.05, 0.1) is 13.2 Å². The van der Waals surface area contributed by atoms with Crippen LogP contribution >= 0.6 is 0 Å². The van der Waals surface area contributed by atoms with E-state index in [2.05, 4.69) is 27.8 Å². The molecule has 2 aromatic rings. The number of furan rings is 1. The maximum absolute atomic E-state index is 10.8. The standard InChI is InChI=1S/C25H37N3O4/c1-5-26-23(27-17-24(4,29)22-12-7-19(3)32-22)28-18-25(13-15-30-16-14-25)20-8-10-21(11-9-20)31-6-2/h7-12,29H,5-6,13-18H2,1-4H3,(H2,26,27,28). The van der Waals surface area contributed by atoms with E-state index in [0.717, 1.165) is 50.7 Å². The molecule has 176 valence electrons. The molecule has 32 heavy (non-hydrogen) atoms. The summed E-state index contributed by atoms with van der Waals surface area (Å²) in [6.45, 7) is 11.4. The number of ether oxygens (including phenoxy) is 2. The van der Waals surface area contributed by atoms with Crippen molar-refractivity contribution in [2.24, 2.45) is 4.99 Å². The van der Waals surface area contributed by atoms with Gasteiger partial charge in [-0.3, -0.25) is 0 Å². The first-order valence-corrected chi connectivity index (χ1v) is 11.5. The van der Waals surface area contributed by atoms with Gasteiger partial charge in [-0.1, -0.05) is 12.1 Å². The SMILES string of the molecule is CCNC(=NCC(C)(O)c1ccc(C)o1)NCC1(c2ccc(OCC)cc2)CCOCC1. The van der Waals surface area contributed by atoms with Crippen molar-refractivity contribution in [3.05, 3.63) is 53.5 Å². The van der Waals surface area contributed by atoms with Crippen molar-refractivity contribution in [3.63, 3.8) is 0 Å². The van der Waals surface area contributed by atoms with Gasteiger partial charge in [-0.15, -0.1) is 0 Å². The molecule has 0 saturated carbocycles. The topological polar surface area (TPSA) is 88.3 Å². The van der Waals surface area contributed by atoms with E-state index in [-0.39, 0.29) is 12.0 Å². The van der Waals surface area contributed by atoms with E-state index in [4.69, 9.17) is 13.9 Å². The van der Waals surface area contributed by atoms with Gasteiger partial charge in [-0.25, -0.2) is 4.99 Å². The van der Waals surface area contributed by atoms with Crippen LogP contribution in [-0.4, -0.2) is 50.5 Å². The summed E-state index contributed by atoms with van der Waals surface area (Å²) in [6, 6.07) is 12.0. The van der Waals surface area contributed by atoms with Crippen LogP contribution in [0.2, 0.25) is 0 Å². The summed E-state index contributed by atoms with van der Waals surface area (Å²) in [7, 11) is 0. The molecule has 1 aromatic heterocycles. The predicted molar refractivity (Wildman–Crippen MR) is 126 cm³/mol. The lowest BCUT2D eigenvalue weighted by Gasteiger charge is -2.38. The van der Waals surface area contributed by atoms with E-state index in [1.807, 2.05) is 39.0 Å². The van der Waals surface area contributed by atoms with E-state index in [9.17, 15) is 5.11 Å². The average Bonchev–Trinajstić information content (AvgIpc) is 3.24. The summed E-state index contributed by atoms with van der Waals surface area (Å²) >= 11 is 0. The van der Waals surface area contributed by atoms with Crippen LogP contribution in [0.25, 0.3) is 0 Å². The number of hydrogen-bond acceptors (Lipinski definition) is 5. The van der Waals surface area contributed by atoms with Gasteiger partial charge < -0.3 is 29.6 Å². The molecular formula is C25H37N3O4. The zero-order valence-electron chi connectivity index (χ0n) is 19.7. The summed E-state index contributed by atoms with van der Waals surface area (Å²) in [5, 5.41) is 17.6. The summed E-state index contributed by atoms with van der Waals surface area (Å²) in [5.74, 6) is 2.85. The summed E-state index contributed by atoms with van der Waals surface area (Å²) in [5.41, 5.74) is 0.0349. The lowest BCUT2D eigenvalue weighted by molar-refractivity contribution is 0.0427. The Hall–Kier alpha value is -2.51. The maximum Gasteiger partial charge on any atom is 0.191 e. The Bertz CT molecular complexity index is 868. The van der Waals surface area contributed by atoms with Crippen molar-refractivity contribution in [2.75, 3.05) is 39.5 Å². The third kappa shape index (κ3) is 6.04. The zero-order chi connectivity index (χ0) is 23.0. The minimum Gasteiger partial charge on any atom is -0.494 e. The molecule has 0 spiro atoms. The molecular weight excluding hydrogens is 406 g/mol. The van der Waals surface area contributed by atoms with Crippen molar-refractivity contribution >= 4 is 5.96 Å². The van der Waals surface area contributed by atoms with Crippen LogP contribution in [0, 0.1) is 6.92 Å². The molecule has 1 unspecified atom stereocenters. The fourth-order valence-electron chi connectivity index (χ4n) is 4.03. The summed E-state index contributed by atoms with van der Waals surface area (Å²) in [4.78, 5) is 4.65. The molecule has 1 fully saturated rings. The van der Waals surface area contributed by atoms with Crippen LogP contribution in [-0.2, 0) is 15.8 Å².